The Kier molecular flexibility index (Phi) is 5.25. The Bertz CT molecular complexity index is 542. The van der Waals surface area contributed by atoms with Gasteiger partial charge in [0.2, 0.25) is 0 Å². The highest BCUT2D eigenvalue weighted by Gasteiger charge is 2.60. The van der Waals surface area contributed by atoms with Crippen molar-refractivity contribution in [2.45, 2.75) is 90.6 Å². The maximum Gasteiger partial charge on any atom is 0.00944 e. The van der Waals surface area contributed by atoms with Gasteiger partial charge in [0.15, 0.2) is 0 Å². The molecule has 4 aliphatic carbocycles. The minimum Gasteiger partial charge on any atom is -0.306 e. The van der Waals surface area contributed by atoms with Crippen LogP contribution in [-0.4, -0.2) is 50.1 Å². The van der Waals surface area contributed by atoms with Gasteiger partial charge in [-0.05, 0) is 133 Å². The molecule has 5 unspecified atom stereocenters. The van der Waals surface area contributed by atoms with Crippen LogP contribution in [0.4, 0.5) is 0 Å². The highest BCUT2D eigenvalue weighted by molar-refractivity contribution is 5.10. The Balaban J connectivity index is 1.54. The van der Waals surface area contributed by atoms with E-state index >= 15 is 0 Å². The van der Waals surface area contributed by atoms with Crippen molar-refractivity contribution in [3.8, 4) is 0 Å². The summed E-state index contributed by atoms with van der Waals surface area (Å²) in [5.74, 6) is 4.95. The first-order valence-corrected chi connectivity index (χ1v) is 12.0. The molecule has 0 bridgehead atoms. The van der Waals surface area contributed by atoms with Crippen LogP contribution in [0.3, 0.4) is 0 Å². The summed E-state index contributed by atoms with van der Waals surface area (Å²) in [6.07, 6.45) is 13.5. The molecule has 2 nitrogen and oxygen atoms in total. The van der Waals surface area contributed by atoms with E-state index in [-0.39, 0.29) is 0 Å². The predicted octanol–water partition coefficient (Wildman–Crippen LogP) is 5.53. The highest BCUT2D eigenvalue weighted by Crippen LogP contribution is 2.68. The lowest BCUT2D eigenvalue weighted by molar-refractivity contribution is -0.122. The van der Waals surface area contributed by atoms with Crippen molar-refractivity contribution >= 4 is 0 Å². The van der Waals surface area contributed by atoms with Crippen molar-refractivity contribution in [3.63, 3.8) is 0 Å². The normalized spacial score (nSPS) is 51.0. The number of nitrogens with zero attached hydrogens (tertiary/aromatic N) is 2. The Hall–Kier alpha value is -0.0800. The third-order valence-electron chi connectivity index (χ3n) is 10.8. The molecular weight excluding hydrogens is 328 g/mol. The van der Waals surface area contributed by atoms with E-state index in [0.717, 1.165) is 41.7 Å². The van der Waals surface area contributed by atoms with Gasteiger partial charge in [-0.15, -0.1) is 0 Å². The molecule has 27 heavy (non-hydrogen) atoms. The van der Waals surface area contributed by atoms with Crippen LogP contribution >= 0.6 is 0 Å². The van der Waals surface area contributed by atoms with E-state index in [1.807, 2.05) is 0 Å². The topological polar surface area (TPSA) is 6.48 Å². The van der Waals surface area contributed by atoms with Gasteiger partial charge in [-0.3, -0.25) is 0 Å². The van der Waals surface area contributed by atoms with Gasteiger partial charge in [0.1, 0.15) is 0 Å². The lowest BCUT2D eigenvalue weighted by atomic mass is 9.44. The molecule has 4 saturated carbocycles. The fraction of sp³-hybridized carbons (Fsp3) is 1.00. The van der Waals surface area contributed by atoms with Crippen LogP contribution in [0.2, 0.25) is 0 Å². The summed E-state index contributed by atoms with van der Waals surface area (Å²) in [5, 5.41) is 0. The van der Waals surface area contributed by atoms with Gasteiger partial charge < -0.3 is 9.80 Å². The zero-order valence-corrected chi connectivity index (χ0v) is 19.3. The smallest absolute Gasteiger partial charge is 0.00944 e. The molecule has 0 heterocycles. The van der Waals surface area contributed by atoms with Gasteiger partial charge in [0.05, 0.1) is 0 Å². The molecule has 0 aromatic carbocycles. The molecular formula is C25H46N2. The summed E-state index contributed by atoms with van der Waals surface area (Å²) in [6, 6.07) is 1.57. The van der Waals surface area contributed by atoms with Crippen molar-refractivity contribution in [1.82, 2.24) is 9.80 Å². The molecule has 0 aromatic heterocycles. The summed E-state index contributed by atoms with van der Waals surface area (Å²) in [4.78, 5) is 5.00. The molecule has 2 heteroatoms. The van der Waals surface area contributed by atoms with Gasteiger partial charge in [-0.2, -0.15) is 0 Å². The van der Waals surface area contributed by atoms with Crippen molar-refractivity contribution in [1.29, 1.82) is 0 Å². The summed E-state index contributed by atoms with van der Waals surface area (Å²) in [5.41, 5.74) is 1.25. The van der Waals surface area contributed by atoms with Crippen LogP contribution in [0.15, 0.2) is 0 Å². The lowest BCUT2D eigenvalue weighted by Crippen LogP contribution is -2.55. The minimum atomic E-state index is 0.606. The molecule has 0 saturated heterocycles. The van der Waals surface area contributed by atoms with Crippen LogP contribution in [0.1, 0.15) is 78.6 Å². The average molecular weight is 375 g/mol. The van der Waals surface area contributed by atoms with Crippen LogP contribution in [0, 0.1) is 40.4 Å². The first-order chi connectivity index (χ1) is 12.7. The molecule has 9 atom stereocenters. The highest BCUT2D eigenvalue weighted by atomic mass is 15.1. The number of rotatable bonds is 3. The summed E-state index contributed by atoms with van der Waals surface area (Å²) < 4.78 is 0. The van der Waals surface area contributed by atoms with E-state index in [0.29, 0.717) is 10.8 Å². The summed E-state index contributed by atoms with van der Waals surface area (Å²) in [7, 11) is 9.19. The number of hydrogen-bond acceptors (Lipinski definition) is 2. The minimum absolute atomic E-state index is 0.606. The van der Waals surface area contributed by atoms with E-state index in [2.05, 4.69) is 58.8 Å². The Morgan fingerprint density at radius 1 is 0.778 bits per heavy atom. The lowest BCUT2D eigenvalue weighted by Gasteiger charge is -2.62. The van der Waals surface area contributed by atoms with Gasteiger partial charge >= 0.3 is 0 Å². The molecule has 156 valence electrons. The van der Waals surface area contributed by atoms with E-state index < -0.39 is 0 Å². The van der Waals surface area contributed by atoms with Gasteiger partial charge in [-0.1, -0.05) is 13.8 Å². The largest absolute Gasteiger partial charge is 0.306 e. The fourth-order valence-electron chi connectivity index (χ4n) is 8.90. The molecule has 0 aliphatic heterocycles. The molecule has 0 radical (unpaired) electrons. The predicted molar refractivity (Wildman–Crippen MR) is 116 cm³/mol. The second-order valence-corrected chi connectivity index (χ2v) is 12.0. The van der Waals surface area contributed by atoms with Crippen LogP contribution < -0.4 is 0 Å². The van der Waals surface area contributed by atoms with E-state index in [9.17, 15) is 0 Å². The SMILES string of the molecule is CC([C@H]1CCC2C3CCC4C[C@@H](N(C)C)CC[C@]4(C)C3CC[C@@]21C)N(C)C. The Morgan fingerprint density at radius 2 is 1.44 bits per heavy atom. The van der Waals surface area contributed by atoms with Gasteiger partial charge in [0, 0.05) is 12.1 Å². The van der Waals surface area contributed by atoms with Crippen LogP contribution in [0.5, 0.6) is 0 Å². The van der Waals surface area contributed by atoms with Gasteiger partial charge in [-0.25, -0.2) is 0 Å². The number of fused-ring (bicyclic) bond motifs is 5. The second-order valence-electron chi connectivity index (χ2n) is 12.0. The zero-order chi connectivity index (χ0) is 19.6. The standard InChI is InChI=1S/C25H46N2/c1-17(26(4)5)21-10-11-22-20-9-8-18-16-19(27(6)7)12-14-24(18,2)23(20)13-15-25(21,22)3/h17-23H,8-16H2,1-7H3/t17?,18?,19-,20?,21+,22?,23?,24-,25+/m0/s1. The van der Waals surface area contributed by atoms with Crippen LogP contribution in [-0.2, 0) is 0 Å². The quantitative estimate of drug-likeness (QED) is 0.641. The maximum atomic E-state index is 2.72. The maximum absolute atomic E-state index is 2.72. The van der Waals surface area contributed by atoms with Crippen molar-refractivity contribution in [3.05, 3.63) is 0 Å². The van der Waals surface area contributed by atoms with Crippen LogP contribution in [0.25, 0.3) is 0 Å². The zero-order valence-electron chi connectivity index (χ0n) is 19.3. The molecule has 0 spiro atoms. The summed E-state index contributed by atoms with van der Waals surface area (Å²) in [6.45, 7) is 7.91. The fourth-order valence-corrected chi connectivity index (χ4v) is 8.90. The third-order valence-corrected chi connectivity index (χ3v) is 10.8. The Morgan fingerprint density at radius 3 is 2.11 bits per heavy atom. The van der Waals surface area contributed by atoms with E-state index in [1.54, 1.807) is 0 Å². The number of hydrogen-bond donors (Lipinski definition) is 0. The van der Waals surface area contributed by atoms with Gasteiger partial charge in [0.25, 0.3) is 0 Å². The van der Waals surface area contributed by atoms with E-state index in [4.69, 9.17) is 0 Å². The van der Waals surface area contributed by atoms with Crippen molar-refractivity contribution in [2.75, 3.05) is 28.2 Å². The summed E-state index contributed by atoms with van der Waals surface area (Å²) >= 11 is 0. The molecule has 4 fully saturated rings. The molecule has 4 rings (SSSR count). The second kappa shape index (κ2) is 7.01. The molecule has 0 aromatic rings. The van der Waals surface area contributed by atoms with E-state index in [1.165, 1.54) is 57.8 Å². The molecule has 0 amide bonds. The monoisotopic (exact) mass is 374 g/mol. The Labute approximate surface area is 169 Å². The molecule has 4 aliphatic rings. The van der Waals surface area contributed by atoms with Crippen molar-refractivity contribution < 1.29 is 0 Å². The first-order valence-electron chi connectivity index (χ1n) is 12.0. The molecule has 0 N–H and O–H groups in total. The van der Waals surface area contributed by atoms with Crippen molar-refractivity contribution in [2.24, 2.45) is 40.4 Å². The average Bonchev–Trinajstić information content (AvgIpc) is 2.97. The first kappa shape index (κ1) is 20.2. The third kappa shape index (κ3) is 3.03.